The number of methoxy groups -OCH3 is 3. The van der Waals surface area contributed by atoms with Gasteiger partial charge in [-0.25, -0.2) is 0 Å². The first-order chi connectivity index (χ1) is 10.2. The Morgan fingerprint density at radius 1 is 1.14 bits per heavy atom. The number of carbonyl (C=O) groups is 1. The van der Waals surface area contributed by atoms with Crippen LogP contribution in [-0.4, -0.2) is 58.4 Å². The molecule has 0 atom stereocenters. The van der Waals surface area contributed by atoms with E-state index in [4.69, 9.17) is 14.2 Å². The normalized spacial score (nSPS) is 10.8. The van der Waals surface area contributed by atoms with Crippen molar-refractivity contribution < 1.29 is 19.0 Å². The first-order valence-corrected chi connectivity index (χ1v) is 6.80. The fraction of sp³-hybridized carbons (Fsp3) is 0.438. The van der Waals surface area contributed by atoms with E-state index in [1.165, 1.54) is 0 Å². The summed E-state index contributed by atoms with van der Waals surface area (Å²) in [5.41, 5.74) is 0.918. The summed E-state index contributed by atoms with van der Waals surface area (Å²) in [5.74, 6) is 0.701. The number of nitrogens with zero attached hydrogens (tertiary/aromatic N) is 1. The van der Waals surface area contributed by atoms with Gasteiger partial charge in [0.1, 0.15) is 5.75 Å². The van der Waals surface area contributed by atoms with Gasteiger partial charge in [0.25, 0.3) is 0 Å². The Hall–Kier alpha value is -1.85. The number of ether oxygens (including phenoxy) is 3. The van der Waals surface area contributed by atoms with E-state index in [1.54, 1.807) is 38.4 Å². The smallest absolute Gasteiger partial charge is 0.246 e. The molecule has 116 valence electrons. The van der Waals surface area contributed by atoms with Crippen LogP contribution in [0, 0.1) is 0 Å². The summed E-state index contributed by atoms with van der Waals surface area (Å²) < 4.78 is 15.2. The second kappa shape index (κ2) is 9.96. The van der Waals surface area contributed by atoms with E-state index in [0.717, 1.165) is 11.3 Å². The molecule has 0 fully saturated rings. The van der Waals surface area contributed by atoms with Gasteiger partial charge in [0.2, 0.25) is 5.91 Å². The van der Waals surface area contributed by atoms with Crippen LogP contribution in [0.2, 0.25) is 0 Å². The molecule has 0 N–H and O–H groups in total. The molecule has 5 heteroatoms. The lowest BCUT2D eigenvalue weighted by Gasteiger charge is -2.20. The Labute approximate surface area is 126 Å². The molecule has 1 aromatic rings. The first-order valence-electron chi connectivity index (χ1n) is 6.80. The maximum atomic E-state index is 12.2. The summed E-state index contributed by atoms with van der Waals surface area (Å²) in [6.45, 7) is 2.09. The van der Waals surface area contributed by atoms with Gasteiger partial charge >= 0.3 is 0 Å². The van der Waals surface area contributed by atoms with Crippen LogP contribution in [0.15, 0.2) is 30.3 Å². The van der Waals surface area contributed by atoms with E-state index in [0.29, 0.717) is 26.3 Å². The van der Waals surface area contributed by atoms with E-state index < -0.39 is 0 Å². The van der Waals surface area contributed by atoms with Crippen LogP contribution in [0.1, 0.15) is 5.56 Å². The van der Waals surface area contributed by atoms with E-state index >= 15 is 0 Å². The number of amides is 1. The van der Waals surface area contributed by atoms with Crippen LogP contribution in [0.5, 0.6) is 5.75 Å². The van der Waals surface area contributed by atoms with Crippen LogP contribution < -0.4 is 4.74 Å². The van der Waals surface area contributed by atoms with Gasteiger partial charge in [0.05, 0.1) is 20.3 Å². The fourth-order valence-corrected chi connectivity index (χ4v) is 1.75. The quantitative estimate of drug-likeness (QED) is 0.652. The summed E-state index contributed by atoms with van der Waals surface area (Å²) in [6, 6.07) is 7.54. The zero-order valence-corrected chi connectivity index (χ0v) is 12.9. The number of hydrogen-bond acceptors (Lipinski definition) is 4. The van der Waals surface area contributed by atoms with Gasteiger partial charge in [-0.2, -0.15) is 0 Å². The van der Waals surface area contributed by atoms with Gasteiger partial charge in [-0.1, -0.05) is 12.1 Å². The van der Waals surface area contributed by atoms with Crippen molar-refractivity contribution in [2.45, 2.75) is 0 Å². The summed E-state index contributed by atoms with van der Waals surface area (Å²) in [5, 5.41) is 0. The Bertz CT molecular complexity index is 451. The zero-order valence-electron chi connectivity index (χ0n) is 12.9. The highest BCUT2D eigenvalue weighted by atomic mass is 16.5. The summed E-state index contributed by atoms with van der Waals surface area (Å²) in [7, 11) is 4.85. The van der Waals surface area contributed by atoms with Crippen LogP contribution in [0.4, 0.5) is 0 Å². The Morgan fingerprint density at radius 2 is 1.81 bits per heavy atom. The Morgan fingerprint density at radius 3 is 2.38 bits per heavy atom. The SMILES string of the molecule is COCCN(CCOC)C(=O)C=Cc1cccc(OC)c1. The average molecular weight is 293 g/mol. The molecule has 0 aliphatic heterocycles. The molecule has 0 unspecified atom stereocenters. The molecule has 5 nitrogen and oxygen atoms in total. The molecule has 0 saturated heterocycles. The molecule has 0 aromatic heterocycles. The van der Waals surface area contributed by atoms with Crippen LogP contribution in [0.25, 0.3) is 6.08 Å². The van der Waals surface area contributed by atoms with Crippen LogP contribution in [0.3, 0.4) is 0 Å². The third-order valence-electron chi connectivity index (χ3n) is 2.95. The molecule has 1 aromatic carbocycles. The van der Waals surface area contributed by atoms with E-state index in [1.807, 2.05) is 24.3 Å². The molecule has 21 heavy (non-hydrogen) atoms. The van der Waals surface area contributed by atoms with Crippen LogP contribution >= 0.6 is 0 Å². The second-order valence-electron chi connectivity index (χ2n) is 4.42. The maximum Gasteiger partial charge on any atom is 0.246 e. The van der Waals surface area contributed by atoms with Crippen molar-refractivity contribution in [1.82, 2.24) is 4.90 Å². The topological polar surface area (TPSA) is 48.0 Å². The van der Waals surface area contributed by atoms with E-state index in [9.17, 15) is 4.79 Å². The lowest BCUT2D eigenvalue weighted by Crippen LogP contribution is -2.35. The molecule has 0 bridgehead atoms. The third-order valence-corrected chi connectivity index (χ3v) is 2.95. The van der Waals surface area contributed by atoms with Crippen molar-refractivity contribution in [1.29, 1.82) is 0 Å². The zero-order chi connectivity index (χ0) is 15.5. The Kier molecular flexibility index (Phi) is 8.16. The molecule has 0 saturated carbocycles. The standard InChI is InChI=1S/C16H23NO4/c1-19-11-9-17(10-12-20-2)16(18)8-7-14-5-4-6-15(13-14)21-3/h4-8,13H,9-12H2,1-3H3. The highest BCUT2D eigenvalue weighted by Crippen LogP contribution is 2.13. The van der Waals surface area contributed by atoms with Crippen molar-refractivity contribution in [2.75, 3.05) is 47.6 Å². The maximum absolute atomic E-state index is 12.2. The molecule has 0 aliphatic carbocycles. The molecule has 0 heterocycles. The number of benzene rings is 1. The highest BCUT2D eigenvalue weighted by Gasteiger charge is 2.09. The lowest BCUT2D eigenvalue weighted by atomic mass is 10.2. The van der Waals surface area contributed by atoms with Gasteiger partial charge in [-0.05, 0) is 23.8 Å². The third kappa shape index (κ3) is 6.42. The second-order valence-corrected chi connectivity index (χ2v) is 4.42. The molecular weight excluding hydrogens is 270 g/mol. The lowest BCUT2D eigenvalue weighted by molar-refractivity contribution is -0.127. The molecular formula is C16H23NO4. The van der Waals surface area contributed by atoms with Crippen LogP contribution in [-0.2, 0) is 14.3 Å². The number of rotatable bonds is 9. The largest absolute Gasteiger partial charge is 0.497 e. The van der Waals surface area contributed by atoms with E-state index in [2.05, 4.69) is 0 Å². The predicted octanol–water partition coefficient (Wildman–Crippen LogP) is 1.83. The van der Waals surface area contributed by atoms with Crippen molar-refractivity contribution >= 4 is 12.0 Å². The van der Waals surface area contributed by atoms with Crippen molar-refractivity contribution in [2.24, 2.45) is 0 Å². The van der Waals surface area contributed by atoms with Gasteiger partial charge in [-0.15, -0.1) is 0 Å². The minimum atomic E-state index is -0.0630. The van der Waals surface area contributed by atoms with Gasteiger partial charge in [0.15, 0.2) is 0 Å². The highest BCUT2D eigenvalue weighted by molar-refractivity contribution is 5.91. The predicted molar refractivity (Wildman–Crippen MR) is 82.4 cm³/mol. The van der Waals surface area contributed by atoms with Gasteiger partial charge in [-0.3, -0.25) is 4.79 Å². The summed E-state index contributed by atoms with van der Waals surface area (Å²) in [6.07, 6.45) is 3.33. The average Bonchev–Trinajstić information content (AvgIpc) is 2.53. The minimum absolute atomic E-state index is 0.0630. The minimum Gasteiger partial charge on any atom is -0.497 e. The molecule has 0 spiro atoms. The monoisotopic (exact) mass is 293 g/mol. The summed E-state index contributed by atoms with van der Waals surface area (Å²) in [4.78, 5) is 13.9. The first kappa shape index (κ1) is 17.2. The molecule has 1 rings (SSSR count). The van der Waals surface area contributed by atoms with E-state index in [-0.39, 0.29) is 5.91 Å². The van der Waals surface area contributed by atoms with Crippen molar-refractivity contribution in [3.63, 3.8) is 0 Å². The number of carbonyl (C=O) groups excluding carboxylic acids is 1. The van der Waals surface area contributed by atoms with Crippen molar-refractivity contribution in [3.05, 3.63) is 35.9 Å². The molecule has 1 amide bonds. The van der Waals surface area contributed by atoms with Crippen molar-refractivity contribution in [3.8, 4) is 5.75 Å². The Balaban J connectivity index is 2.67. The molecule has 0 radical (unpaired) electrons. The molecule has 0 aliphatic rings. The fourth-order valence-electron chi connectivity index (χ4n) is 1.75. The number of hydrogen-bond donors (Lipinski definition) is 0. The summed E-state index contributed by atoms with van der Waals surface area (Å²) >= 11 is 0. The van der Waals surface area contributed by atoms with Gasteiger partial charge < -0.3 is 19.1 Å². The van der Waals surface area contributed by atoms with Gasteiger partial charge in [0, 0.05) is 33.4 Å².